The van der Waals surface area contributed by atoms with Crippen molar-refractivity contribution in [3.63, 3.8) is 0 Å². The SMILES string of the molecule is COc1cccc(CNC(=O)Cc2csc(NC(=O)c3ncccn3)n2)c1. The van der Waals surface area contributed by atoms with Crippen molar-refractivity contribution in [2.75, 3.05) is 12.4 Å². The Hall–Kier alpha value is -3.33. The maximum atomic E-state index is 12.1. The van der Waals surface area contributed by atoms with Gasteiger partial charge in [-0.3, -0.25) is 14.9 Å². The molecule has 3 rings (SSSR count). The van der Waals surface area contributed by atoms with Crippen LogP contribution in [0.1, 0.15) is 21.9 Å². The van der Waals surface area contributed by atoms with Crippen molar-refractivity contribution in [2.24, 2.45) is 0 Å². The first-order valence-corrected chi connectivity index (χ1v) is 8.94. The van der Waals surface area contributed by atoms with Gasteiger partial charge < -0.3 is 10.1 Å². The molecule has 1 aromatic carbocycles. The lowest BCUT2D eigenvalue weighted by molar-refractivity contribution is -0.120. The normalized spacial score (nSPS) is 10.3. The summed E-state index contributed by atoms with van der Waals surface area (Å²) >= 11 is 1.24. The maximum absolute atomic E-state index is 12.1. The number of rotatable bonds is 7. The van der Waals surface area contributed by atoms with Crippen molar-refractivity contribution in [2.45, 2.75) is 13.0 Å². The average molecular weight is 383 g/mol. The Morgan fingerprint density at radius 2 is 2.00 bits per heavy atom. The molecule has 0 radical (unpaired) electrons. The molecule has 0 bridgehead atoms. The Labute approximate surface area is 159 Å². The largest absolute Gasteiger partial charge is 0.497 e. The molecule has 0 saturated heterocycles. The van der Waals surface area contributed by atoms with E-state index in [0.29, 0.717) is 17.4 Å². The van der Waals surface area contributed by atoms with Gasteiger partial charge >= 0.3 is 0 Å². The fourth-order valence-corrected chi connectivity index (χ4v) is 2.93. The topological polar surface area (TPSA) is 106 Å². The summed E-state index contributed by atoms with van der Waals surface area (Å²) in [6.07, 6.45) is 3.10. The molecule has 27 heavy (non-hydrogen) atoms. The van der Waals surface area contributed by atoms with Crippen LogP contribution in [0.5, 0.6) is 5.75 Å². The molecule has 0 fully saturated rings. The Bertz CT molecular complexity index is 930. The summed E-state index contributed by atoms with van der Waals surface area (Å²) in [6, 6.07) is 9.11. The highest BCUT2D eigenvalue weighted by atomic mass is 32.1. The van der Waals surface area contributed by atoms with Crippen LogP contribution in [0, 0.1) is 0 Å². The number of ether oxygens (including phenoxy) is 1. The fraction of sp³-hybridized carbons (Fsp3) is 0.167. The Kier molecular flexibility index (Phi) is 6.06. The van der Waals surface area contributed by atoms with Crippen LogP contribution < -0.4 is 15.4 Å². The lowest BCUT2D eigenvalue weighted by Crippen LogP contribution is -2.24. The number of nitrogens with zero attached hydrogens (tertiary/aromatic N) is 3. The molecule has 0 saturated carbocycles. The number of aromatic nitrogens is 3. The number of carbonyl (C=O) groups excluding carboxylic acids is 2. The Morgan fingerprint density at radius 1 is 1.19 bits per heavy atom. The monoisotopic (exact) mass is 383 g/mol. The van der Waals surface area contributed by atoms with Crippen LogP contribution in [0.4, 0.5) is 5.13 Å². The van der Waals surface area contributed by atoms with Gasteiger partial charge in [0, 0.05) is 24.3 Å². The van der Waals surface area contributed by atoms with E-state index in [9.17, 15) is 9.59 Å². The third kappa shape index (κ3) is 5.32. The number of hydrogen-bond acceptors (Lipinski definition) is 7. The first-order chi connectivity index (χ1) is 13.1. The molecule has 2 amide bonds. The number of nitrogens with one attached hydrogen (secondary N) is 2. The van der Waals surface area contributed by atoms with E-state index < -0.39 is 5.91 Å². The molecule has 8 nitrogen and oxygen atoms in total. The zero-order valence-electron chi connectivity index (χ0n) is 14.5. The molecule has 0 aliphatic heterocycles. The number of thiazole rings is 1. The first-order valence-electron chi connectivity index (χ1n) is 8.06. The molecule has 9 heteroatoms. The highest BCUT2D eigenvalue weighted by Crippen LogP contribution is 2.16. The summed E-state index contributed by atoms with van der Waals surface area (Å²) in [5.74, 6) is 0.195. The van der Waals surface area contributed by atoms with Crippen molar-refractivity contribution in [1.82, 2.24) is 20.3 Å². The summed E-state index contributed by atoms with van der Waals surface area (Å²) in [6.45, 7) is 0.398. The number of amides is 2. The van der Waals surface area contributed by atoms with E-state index in [-0.39, 0.29) is 18.2 Å². The first kappa shape index (κ1) is 18.5. The van der Waals surface area contributed by atoms with Gasteiger partial charge in [-0.2, -0.15) is 0 Å². The lowest BCUT2D eigenvalue weighted by Gasteiger charge is -2.06. The van der Waals surface area contributed by atoms with Gasteiger partial charge in [-0.1, -0.05) is 12.1 Å². The van der Waals surface area contributed by atoms with E-state index >= 15 is 0 Å². The Balaban J connectivity index is 1.51. The van der Waals surface area contributed by atoms with E-state index in [1.54, 1.807) is 18.6 Å². The molecule has 0 spiro atoms. The number of benzene rings is 1. The van der Waals surface area contributed by atoms with E-state index in [1.165, 1.54) is 23.7 Å². The molecule has 0 unspecified atom stereocenters. The quantitative estimate of drug-likeness (QED) is 0.647. The molecule has 2 aromatic heterocycles. The van der Waals surface area contributed by atoms with Crippen LogP contribution in [-0.2, 0) is 17.8 Å². The third-order valence-corrected chi connectivity index (χ3v) is 4.31. The summed E-state index contributed by atoms with van der Waals surface area (Å²) < 4.78 is 5.16. The van der Waals surface area contributed by atoms with Gasteiger partial charge in [-0.25, -0.2) is 15.0 Å². The maximum Gasteiger partial charge on any atom is 0.295 e. The van der Waals surface area contributed by atoms with Crippen LogP contribution in [0.2, 0.25) is 0 Å². The minimum atomic E-state index is -0.445. The third-order valence-electron chi connectivity index (χ3n) is 3.51. The molecular weight excluding hydrogens is 366 g/mol. The van der Waals surface area contributed by atoms with Gasteiger partial charge in [0.2, 0.25) is 11.7 Å². The highest BCUT2D eigenvalue weighted by molar-refractivity contribution is 7.14. The minimum Gasteiger partial charge on any atom is -0.497 e. The van der Waals surface area contributed by atoms with E-state index in [1.807, 2.05) is 24.3 Å². The summed E-state index contributed by atoms with van der Waals surface area (Å²) in [7, 11) is 1.60. The summed E-state index contributed by atoms with van der Waals surface area (Å²) in [5.41, 5.74) is 1.52. The fourth-order valence-electron chi connectivity index (χ4n) is 2.23. The van der Waals surface area contributed by atoms with Crippen molar-refractivity contribution in [1.29, 1.82) is 0 Å². The minimum absolute atomic E-state index is 0.0604. The van der Waals surface area contributed by atoms with Gasteiger partial charge in [0.1, 0.15) is 5.75 Å². The van der Waals surface area contributed by atoms with Crippen molar-refractivity contribution >= 4 is 28.3 Å². The zero-order valence-corrected chi connectivity index (χ0v) is 15.3. The van der Waals surface area contributed by atoms with Gasteiger partial charge in [0.25, 0.3) is 5.91 Å². The number of methoxy groups -OCH3 is 1. The highest BCUT2D eigenvalue weighted by Gasteiger charge is 2.12. The molecule has 0 aliphatic carbocycles. The second kappa shape index (κ2) is 8.86. The van der Waals surface area contributed by atoms with Gasteiger partial charge in [0.15, 0.2) is 5.13 Å². The van der Waals surface area contributed by atoms with Crippen LogP contribution in [0.3, 0.4) is 0 Å². The van der Waals surface area contributed by atoms with E-state index in [2.05, 4.69) is 25.6 Å². The van der Waals surface area contributed by atoms with Crippen molar-refractivity contribution < 1.29 is 14.3 Å². The standard InChI is InChI=1S/C18H17N5O3S/c1-26-14-5-2-4-12(8-14)10-21-15(24)9-13-11-27-18(22-13)23-17(25)16-19-6-3-7-20-16/h2-8,11H,9-10H2,1H3,(H,21,24)(H,22,23,25). The van der Waals surface area contributed by atoms with E-state index in [0.717, 1.165) is 11.3 Å². The Morgan fingerprint density at radius 3 is 2.78 bits per heavy atom. The lowest BCUT2D eigenvalue weighted by atomic mass is 10.2. The molecule has 0 atom stereocenters. The predicted octanol–water partition coefficient (Wildman–Crippen LogP) is 2.05. The summed E-state index contributed by atoms with van der Waals surface area (Å²) in [5, 5.41) is 7.58. The molecule has 3 aromatic rings. The second-order valence-electron chi connectivity index (χ2n) is 5.48. The average Bonchev–Trinajstić information content (AvgIpc) is 3.13. The van der Waals surface area contributed by atoms with Crippen molar-refractivity contribution in [3.05, 3.63) is 65.2 Å². The second-order valence-corrected chi connectivity index (χ2v) is 6.33. The van der Waals surface area contributed by atoms with Gasteiger partial charge in [-0.05, 0) is 23.8 Å². The van der Waals surface area contributed by atoms with Gasteiger partial charge in [0.05, 0.1) is 19.2 Å². The van der Waals surface area contributed by atoms with Gasteiger partial charge in [-0.15, -0.1) is 11.3 Å². The number of anilines is 1. The molecular formula is C18H17N5O3S. The van der Waals surface area contributed by atoms with Crippen LogP contribution in [-0.4, -0.2) is 33.9 Å². The van der Waals surface area contributed by atoms with Crippen LogP contribution in [0.15, 0.2) is 48.1 Å². The number of hydrogen-bond donors (Lipinski definition) is 2. The van der Waals surface area contributed by atoms with E-state index in [4.69, 9.17) is 4.74 Å². The molecule has 138 valence electrons. The molecule has 2 N–H and O–H groups in total. The van der Waals surface area contributed by atoms with Crippen LogP contribution in [0.25, 0.3) is 0 Å². The number of carbonyl (C=O) groups is 2. The molecule has 0 aliphatic rings. The van der Waals surface area contributed by atoms with Crippen molar-refractivity contribution in [3.8, 4) is 5.75 Å². The predicted molar refractivity (Wildman–Crippen MR) is 101 cm³/mol. The smallest absolute Gasteiger partial charge is 0.295 e. The van der Waals surface area contributed by atoms with Crippen LogP contribution >= 0.6 is 11.3 Å². The summed E-state index contributed by atoms with van der Waals surface area (Å²) in [4.78, 5) is 36.1. The molecule has 2 heterocycles. The zero-order chi connectivity index (χ0) is 19.1.